The maximum Gasteiger partial charge on any atom is 0.323 e. The van der Waals surface area contributed by atoms with E-state index in [0.29, 0.717) is 24.7 Å². The monoisotopic (exact) mass is 282 g/mol. The normalized spacial score (nSPS) is 31.9. The number of fused-ring (bicyclic) bond motifs is 2. The highest BCUT2D eigenvalue weighted by atomic mass is 16.5. The Morgan fingerprint density at radius 3 is 2.50 bits per heavy atom. The van der Waals surface area contributed by atoms with Crippen molar-refractivity contribution in [1.82, 2.24) is 10.2 Å². The van der Waals surface area contributed by atoms with Gasteiger partial charge in [-0.3, -0.25) is 9.69 Å². The van der Waals surface area contributed by atoms with E-state index in [2.05, 4.69) is 17.1 Å². The Balaban J connectivity index is 1.99. The molecule has 2 saturated heterocycles. The van der Waals surface area contributed by atoms with Crippen LogP contribution in [-0.4, -0.2) is 48.2 Å². The smallest absolute Gasteiger partial charge is 0.323 e. The molecule has 0 spiro atoms. The number of piperidine rings is 2. The molecule has 0 aliphatic carbocycles. The highest BCUT2D eigenvalue weighted by molar-refractivity contribution is 5.75. The Hall–Kier alpha value is -0.610. The number of hydrogen-bond acceptors (Lipinski definition) is 4. The number of carbonyl (C=O) groups is 1. The van der Waals surface area contributed by atoms with Gasteiger partial charge in [0.15, 0.2) is 0 Å². The van der Waals surface area contributed by atoms with Crippen molar-refractivity contribution in [3.63, 3.8) is 0 Å². The molecule has 116 valence electrons. The first-order valence-electron chi connectivity index (χ1n) is 8.34. The van der Waals surface area contributed by atoms with Crippen molar-refractivity contribution in [3.05, 3.63) is 0 Å². The van der Waals surface area contributed by atoms with Crippen LogP contribution in [0.3, 0.4) is 0 Å². The highest BCUT2D eigenvalue weighted by Crippen LogP contribution is 2.35. The van der Waals surface area contributed by atoms with Gasteiger partial charge in [-0.1, -0.05) is 13.3 Å². The lowest BCUT2D eigenvalue weighted by molar-refractivity contribution is -0.153. The molecule has 2 rings (SSSR count). The maximum atomic E-state index is 12.0. The fourth-order valence-electron chi connectivity index (χ4n) is 3.95. The van der Waals surface area contributed by atoms with Crippen LogP contribution in [0.5, 0.6) is 0 Å². The fourth-order valence-corrected chi connectivity index (χ4v) is 3.95. The van der Waals surface area contributed by atoms with E-state index in [9.17, 15) is 4.79 Å². The van der Waals surface area contributed by atoms with Crippen LogP contribution in [0.2, 0.25) is 0 Å². The first-order chi connectivity index (χ1) is 9.67. The molecular formula is C16H30N2O2. The average molecular weight is 282 g/mol. The van der Waals surface area contributed by atoms with Gasteiger partial charge in [0, 0.05) is 18.1 Å². The average Bonchev–Trinajstić information content (AvgIpc) is 2.43. The van der Waals surface area contributed by atoms with E-state index in [0.717, 1.165) is 6.54 Å². The standard InChI is InChI=1S/C16H30N2O2/c1-4-9-17-13-10-14-7-6-8-15(11-13)18(14)12(3)16(19)20-5-2/h12-15,17H,4-11H2,1-3H3. The summed E-state index contributed by atoms with van der Waals surface area (Å²) in [4.78, 5) is 14.5. The molecule has 3 atom stereocenters. The van der Waals surface area contributed by atoms with Gasteiger partial charge in [-0.2, -0.15) is 0 Å². The van der Waals surface area contributed by atoms with Gasteiger partial charge in [-0.25, -0.2) is 0 Å². The minimum atomic E-state index is -0.0858. The van der Waals surface area contributed by atoms with Gasteiger partial charge in [0.05, 0.1) is 6.61 Å². The third-order valence-electron chi connectivity index (χ3n) is 4.79. The lowest BCUT2D eigenvalue weighted by Gasteiger charge is -2.51. The second kappa shape index (κ2) is 7.41. The third-order valence-corrected chi connectivity index (χ3v) is 4.79. The van der Waals surface area contributed by atoms with E-state index in [1.54, 1.807) is 0 Å². The van der Waals surface area contributed by atoms with Crippen molar-refractivity contribution in [1.29, 1.82) is 0 Å². The first-order valence-corrected chi connectivity index (χ1v) is 8.34. The maximum absolute atomic E-state index is 12.0. The third kappa shape index (κ3) is 3.53. The van der Waals surface area contributed by atoms with E-state index in [1.165, 1.54) is 38.5 Å². The van der Waals surface area contributed by atoms with Crippen LogP contribution in [0.4, 0.5) is 0 Å². The molecule has 0 radical (unpaired) electrons. The number of hydrogen-bond donors (Lipinski definition) is 1. The van der Waals surface area contributed by atoms with Crippen molar-refractivity contribution in [3.8, 4) is 0 Å². The molecule has 2 aliphatic heterocycles. The molecule has 2 aliphatic rings. The molecule has 0 aromatic rings. The largest absolute Gasteiger partial charge is 0.465 e. The molecule has 2 heterocycles. The lowest BCUT2D eigenvalue weighted by atomic mass is 9.80. The first kappa shape index (κ1) is 15.8. The molecule has 4 nitrogen and oxygen atoms in total. The summed E-state index contributed by atoms with van der Waals surface area (Å²) in [5.41, 5.74) is 0. The SMILES string of the molecule is CCCNC1CC2CCCC(C1)N2C(C)C(=O)OCC. The van der Waals surface area contributed by atoms with Crippen LogP contribution in [0.1, 0.15) is 59.3 Å². The predicted molar refractivity (Wildman–Crippen MR) is 80.7 cm³/mol. The quantitative estimate of drug-likeness (QED) is 0.759. The zero-order valence-corrected chi connectivity index (χ0v) is 13.2. The van der Waals surface area contributed by atoms with Gasteiger partial charge < -0.3 is 10.1 Å². The van der Waals surface area contributed by atoms with Gasteiger partial charge in [-0.05, 0) is 52.5 Å². The summed E-state index contributed by atoms with van der Waals surface area (Å²) in [6.45, 7) is 7.70. The fraction of sp³-hybridized carbons (Fsp3) is 0.938. The topological polar surface area (TPSA) is 41.6 Å². The molecule has 20 heavy (non-hydrogen) atoms. The summed E-state index contributed by atoms with van der Waals surface area (Å²) in [5, 5.41) is 3.67. The van der Waals surface area contributed by atoms with E-state index in [4.69, 9.17) is 4.74 Å². The van der Waals surface area contributed by atoms with Crippen molar-refractivity contribution in [2.75, 3.05) is 13.2 Å². The van der Waals surface area contributed by atoms with Crippen LogP contribution in [0.15, 0.2) is 0 Å². The van der Waals surface area contributed by atoms with Crippen molar-refractivity contribution >= 4 is 5.97 Å². The van der Waals surface area contributed by atoms with Gasteiger partial charge in [0.2, 0.25) is 0 Å². The summed E-state index contributed by atoms with van der Waals surface area (Å²) < 4.78 is 5.22. The summed E-state index contributed by atoms with van der Waals surface area (Å²) in [5.74, 6) is -0.0515. The number of ether oxygens (including phenoxy) is 1. The number of nitrogens with one attached hydrogen (secondary N) is 1. The van der Waals surface area contributed by atoms with E-state index in [1.807, 2.05) is 13.8 Å². The molecule has 0 aromatic heterocycles. The summed E-state index contributed by atoms with van der Waals surface area (Å²) in [6.07, 6.45) is 7.31. The summed E-state index contributed by atoms with van der Waals surface area (Å²) in [6, 6.07) is 1.65. The zero-order valence-electron chi connectivity index (χ0n) is 13.2. The van der Waals surface area contributed by atoms with Crippen LogP contribution < -0.4 is 5.32 Å². The molecule has 1 N–H and O–H groups in total. The van der Waals surface area contributed by atoms with Crippen molar-refractivity contribution in [2.24, 2.45) is 0 Å². The van der Waals surface area contributed by atoms with Gasteiger partial charge in [0.25, 0.3) is 0 Å². The summed E-state index contributed by atoms with van der Waals surface area (Å²) >= 11 is 0. The van der Waals surface area contributed by atoms with Gasteiger partial charge >= 0.3 is 5.97 Å². The number of carbonyl (C=O) groups excluding carboxylic acids is 1. The molecule has 2 bridgehead atoms. The molecule has 2 fully saturated rings. The van der Waals surface area contributed by atoms with E-state index in [-0.39, 0.29) is 12.0 Å². The van der Waals surface area contributed by atoms with E-state index < -0.39 is 0 Å². The Bertz CT molecular complexity index is 308. The summed E-state index contributed by atoms with van der Waals surface area (Å²) in [7, 11) is 0. The minimum Gasteiger partial charge on any atom is -0.465 e. The Kier molecular flexibility index (Phi) is 5.85. The molecule has 4 heteroatoms. The molecule has 0 amide bonds. The number of nitrogens with zero attached hydrogens (tertiary/aromatic N) is 1. The second-order valence-corrected chi connectivity index (χ2v) is 6.24. The van der Waals surface area contributed by atoms with Crippen molar-refractivity contribution < 1.29 is 9.53 Å². The molecule has 0 aromatic carbocycles. The molecular weight excluding hydrogens is 252 g/mol. The van der Waals surface area contributed by atoms with Crippen LogP contribution in [0.25, 0.3) is 0 Å². The van der Waals surface area contributed by atoms with Crippen LogP contribution in [0, 0.1) is 0 Å². The van der Waals surface area contributed by atoms with E-state index >= 15 is 0 Å². The Morgan fingerprint density at radius 2 is 1.95 bits per heavy atom. The highest BCUT2D eigenvalue weighted by Gasteiger charge is 2.42. The van der Waals surface area contributed by atoms with Crippen LogP contribution in [-0.2, 0) is 9.53 Å². The zero-order chi connectivity index (χ0) is 14.5. The van der Waals surface area contributed by atoms with Crippen LogP contribution >= 0.6 is 0 Å². The Morgan fingerprint density at radius 1 is 1.30 bits per heavy atom. The minimum absolute atomic E-state index is 0.0515. The molecule has 3 unspecified atom stereocenters. The Labute approximate surface area is 123 Å². The second-order valence-electron chi connectivity index (χ2n) is 6.24. The molecule has 0 saturated carbocycles. The van der Waals surface area contributed by atoms with Crippen molar-refractivity contribution in [2.45, 2.75) is 83.5 Å². The lowest BCUT2D eigenvalue weighted by Crippen LogP contribution is -2.60. The number of esters is 1. The predicted octanol–water partition coefficient (Wildman–Crippen LogP) is 2.32. The van der Waals surface area contributed by atoms with Gasteiger partial charge in [-0.15, -0.1) is 0 Å². The number of rotatable bonds is 6. The van der Waals surface area contributed by atoms with Gasteiger partial charge in [0.1, 0.15) is 6.04 Å².